The molecular formula is C28H32Cl2F4N4O2. The molecule has 218 valence electrons. The summed E-state index contributed by atoms with van der Waals surface area (Å²) in [6.45, 7) is 4.15. The lowest BCUT2D eigenvalue weighted by Crippen LogP contribution is -2.47. The Morgan fingerprint density at radius 2 is 1.75 bits per heavy atom. The van der Waals surface area contributed by atoms with Gasteiger partial charge < -0.3 is 10.2 Å². The summed E-state index contributed by atoms with van der Waals surface area (Å²) in [4.78, 5) is 30.5. The van der Waals surface area contributed by atoms with Crippen LogP contribution in [0.4, 0.5) is 17.6 Å². The van der Waals surface area contributed by atoms with Gasteiger partial charge in [0.15, 0.2) is 0 Å². The molecule has 0 aromatic heterocycles. The van der Waals surface area contributed by atoms with E-state index in [0.29, 0.717) is 41.8 Å². The van der Waals surface area contributed by atoms with Crippen molar-refractivity contribution in [3.63, 3.8) is 0 Å². The maximum absolute atomic E-state index is 14.2. The monoisotopic (exact) mass is 602 g/mol. The second-order valence-corrected chi connectivity index (χ2v) is 11.4. The Kier molecular flexibility index (Phi) is 9.65. The van der Waals surface area contributed by atoms with Crippen LogP contribution in [0.3, 0.4) is 0 Å². The van der Waals surface area contributed by atoms with Crippen molar-refractivity contribution in [3.8, 4) is 0 Å². The number of nitrogens with one attached hydrogen (secondary N) is 1. The first-order valence-electron chi connectivity index (χ1n) is 13.1. The zero-order valence-electron chi connectivity index (χ0n) is 22.3. The molecule has 0 aliphatic carbocycles. The van der Waals surface area contributed by atoms with Crippen molar-refractivity contribution in [2.45, 2.75) is 50.5 Å². The van der Waals surface area contributed by atoms with E-state index in [1.54, 1.807) is 17.0 Å². The summed E-state index contributed by atoms with van der Waals surface area (Å²) >= 11 is 12.4. The lowest BCUT2D eigenvalue weighted by Gasteiger charge is -2.32. The second kappa shape index (κ2) is 12.6. The van der Waals surface area contributed by atoms with Crippen LogP contribution < -0.4 is 5.32 Å². The summed E-state index contributed by atoms with van der Waals surface area (Å²) in [5.74, 6) is -1.55. The maximum Gasteiger partial charge on any atom is 0.419 e. The average molecular weight is 603 g/mol. The van der Waals surface area contributed by atoms with Gasteiger partial charge >= 0.3 is 6.18 Å². The smallest absolute Gasteiger partial charge is 0.354 e. The molecule has 2 aromatic rings. The van der Waals surface area contributed by atoms with Gasteiger partial charge in [-0.25, -0.2) is 4.39 Å². The minimum Gasteiger partial charge on any atom is -0.354 e. The van der Waals surface area contributed by atoms with E-state index in [2.05, 4.69) is 10.2 Å². The summed E-state index contributed by atoms with van der Waals surface area (Å²) in [5.41, 5.74) is -0.0182. The Bertz CT molecular complexity index is 1240. The van der Waals surface area contributed by atoms with Gasteiger partial charge in [-0.05, 0) is 55.3 Å². The van der Waals surface area contributed by atoms with Crippen LogP contribution in [0.2, 0.25) is 10.0 Å². The SMILES string of the molecule is CC(=O)NC1CCN(CC(=O)N2C[C@H](c3ccc(Cl)c(Cl)c3)[C@H](N(C)Cc3ccc(C(F)(F)F)c(F)c3)C2)CC1. The lowest BCUT2D eigenvalue weighted by atomic mass is 9.93. The zero-order valence-corrected chi connectivity index (χ0v) is 23.8. The van der Waals surface area contributed by atoms with Crippen LogP contribution in [0.25, 0.3) is 0 Å². The number of carbonyl (C=O) groups excluding carboxylic acids is 2. The average Bonchev–Trinajstić information content (AvgIpc) is 3.32. The van der Waals surface area contributed by atoms with Crippen LogP contribution in [0, 0.1) is 5.82 Å². The number of hydrogen-bond acceptors (Lipinski definition) is 4. The van der Waals surface area contributed by atoms with Crippen LogP contribution in [0.15, 0.2) is 36.4 Å². The van der Waals surface area contributed by atoms with E-state index in [0.717, 1.165) is 30.5 Å². The molecule has 40 heavy (non-hydrogen) atoms. The van der Waals surface area contributed by atoms with Gasteiger partial charge in [-0.3, -0.25) is 19.4 Å². The topological polar surface area (TPSA) is 55.9 Å². The molecule has 6 nitrogen and oxygen atoms in total. The van der Waals surface area contributed by atoms with Gasteiger partial charge in [0, 0.05) is 57.6 Å². The first kappa shape index (κ1) is 30.6. The van der Waals surface area contributed by atoms with Crippen molar-refractivity contribution in [2.24, 2.45) is 0 Å². The van der Waals surface area contributed by atoms with Gasteiger partial charge in [0.2, 0.25) is 11.8 Å². The number of carbonyl (C=O) groups is 2. The molecule has 2 aliphatic heterocycles. The molecule has 2 aromatic carbocycles. The third kappa shape index (κ3) is 7.46. The third-order valence-corrected chi connectivity index (χ3v) is 8.44. The van der Waals surface area contributed by atoms with E-state index in [1.165, 1.54) is 13.0 Å². The molecule has 0 saturated carbocycles. The minimum absolute atomic E-state index is 0.0282. The Labute approximate surface area is 241 Å². The first-order chi connectivity index (χ1) is 18.8. The molecule has 0 unspecified atom stereocenters. The molecule has 0 bridgehead atoms. The molecular weight excluding hydrogens is 571 g/mol. The van der Waals surface area contributed by atoms with Gasteiger partial charge in [-0.15, -0.1) is 0 Å². The second-order valence-electron chi connectivity index (χ2n) is 10.6. The van der Waals surface area contributed by atoms with Crippen molar-refractivity contribution in [2.75, 3.05) is 39.8 Å². The van der Waals surface area contributed by atoms with Crippen molar-refractivity contribution >= 4 is 35.0 Å². The number of nitrogens with zero attached hydrogens (tertiary/aromatic N) is 3. The highest BCUT2D eigenvalue weighted by Crippen LogP contribution is 2.36. The summed E-state index contributed by atoms with van der Waals surface area (Å²) in [5, 5.41) is 3.72. The summed E-state index contributed by atoms with van der Waals surface area (Å²) < 4.78 is 53.3. The standard InChI is InChI=1S/C28H32Cl2F4N4O2/c1-17(39)35-20-7-9-37(10-8-20)16-27(40)38-14-21(19-4-6-23(29)24(30)12-19)26(15-38)36(2)13-18-3-5-22(25(31)11-18)28(32,33)34/h3-6,11-12,20-21,26H,7-10,13-16H2,1-2H3,(H,35,39)/t21-,26-/m1/s1. The molecule has 0 spiro atoms. The highest BCUT2D eigenvalue weighted by molar-refractivity contribution is 6.42. The molecule has 2 heterocycles. The number of rotatable bonds is 7. The fourth-order valence-corrected chi connectivity index (χ4v) is 5.92. The molecule has 2 saturated heterocycles. The lowest BCUT2D eigenvalue weighted by molar-refractivity contribution is -0.140. The number of halogens is 6. The highest BCUT2D eigenvalue weighted by atomic mass is 35.5. The number of likely N-dealkylation sites (tertiary alicyclic amines) is 2. The van der Waals surface area contributed by atoms with Crippen molar-refractivity contribution in [1.82, 2.24) is 20.0 Å². The number of alkyl halides is 3. The fourth-order valence-electron chi connectivity index (χ4n) is 5.61. The Morgan fingerprint density at radius 3 is 2.35 bits per heavy atom. The molecule has 2 atom stereocenters. The summed E-state index contributed by atoms with van der Waals surface area (Å²) in [7, 11) is 1.81. The van der Waals surface area contributed by atoms with E-state index >= 15 is 0 Å². The van der Waals surface area contributed by atoms with Crippen molar-refractivity contribution < 1.29 is 27.2 Å². The fraction of sp³-hybridized carbons (Fsp3) is 0.500. The Hall–Kier alpha value is -2.40. The number of benzene rings is 2. The van der Waals surface area contributed by atoms with Crippen molar-refractivity contribution in [1.29, 1.82) is 0 Å². The van der Waals surface area contributed by atoms with Crippen molar-refractivity contribution in [3.05, 3.63) is 69.0 Å². The van der Waals surface area contributed by atoms with Crippen LogP contribution in [0.5, 0.6) is 0 Å². The largest absolute Gasteiger partial charge is 0.419 e. The Morgan fingerprint density at radius 1 is 1.05 bits per heavy atom. The quantitative estimate of drug-likeness (QED) is 0.444. The van der Waals surface area contributed by atoms with Gasteiger partial charge in [-0.2, -0.15) is 13.2 Å². The van der Waals surface area contributed by atoms with Crippen LogP contribution >= 0.6 is 23.2 Å². The van der Waals surface area contributed by atoms with E-state index < -0.39 is 17.6 Å². The molecule has 2 aliphatic rings. The predicted molar refractivity (Wildman–Crippen MR) is 146 cm³/mol. The van der Waals surface area contributed by atoms with Crippen LogP contribution in [-0.4, -0.2) is 78.4 Å². The minimum atomic E-state index is -4.76. The molecule has 0 radical (unpaired) electrons. The third-order valence-electron chi connectivity index (χ3n) is 7.70. The number of hydrogen-bond donors (Lipinski definition) is 1. The van der Waals surface area contributed by atoms with E-state index in [1.807, 2.05) is 18.0 Å². The Balaban J connectivity index is 1.48. The molecule has 12 heteroatoms. The maximum atomic E-state index is 14.2. The van der Waals surface area contributed by atoms with Gasteiger partial charge in [0.1, 0.15) is 5.82 Å². The van der Waals surface area contributed by atoms with Gasteiger partial charge in [-0.1, -0.05) is 35.3 Å². The molecule has 1 N–H and O–H groups in total. The number of piperidine rings is 1. The normalized spacial score (nSPS) is 20.8. The van der Waals surface area contributed by atoms with Gasteiger partial charge in [0.25, 0.3) is 0 Å². The molecule has 2 fully saturated rings. The molecule has 4 rings (SSSR count). The summed E-state index contributed by atoms with van der Waals surface area (Å²) in [6, 6.07) is 8.20. The highest BCUT2D eigenvalue weighted by Gasteiger charge is 2.39. The van der Waals surface area contributed by atoms with Gasteiger partial charge in [0.05, 0.1) is 22.2 Å². The molecule has 2 amide bonds. The first-order valence-corrected chi connectivity index (χ1v) is 13.9. The predicted octanol–water partition coefficient (Wildman–Crippen LogP) is 5.18. The van der Waals surface area contributed by atoms with E-state index in [9.17, 15) is 27.2 Å². The summed E-state index contributed by atoms with van der Waals surface area (Å²) in [6.07, 6.45) is -3.22. The van der Waals surface area contributed by atoms with Crippen LogP contribution in [0.1, 0.15) is 42.4 Å². The van der Waals surface area contributed by atoms with Crippen LogP contribution in [-0.2, 0) is 22.3 Å². The van der Waals surface area contributed by atoms with E-state index in [-0.39, 0.29) is 42.9 Å². The number of amides is 2. The van der Waals surface area contributed by atoms with E-state index in [4.69, 9.17) is 23.2 Å². The number of likely N-dealkylation sites (N-methyl/N-ethyl adjacent to an activating group) is 1. The zero-order chi connectivity index (χ0) is 29.2.